The summed E-state index contributed by atoms with van der Waals surface area (Å²) in [4.78, 5) is 12.7. The number of amides is 1. The number of alkyl halides is 1. The van der Waals surface area contributed by atoms with Crippen molar-refractivity contribution in [2.24, 2.45) is 5.92 Å². The first-order valence-electron chi connectivity index (χ1n) is 4.55. The van der Waals surface area contributed by atoms with E-state index in [0.717, 1.165) is 0 Å². The summed E-state index contributed by atoms with van der Waals surface area (Å²) in [6.07, 6.45) is 0. The maximum atomic E-state index is 11.5. The molecule has 1 unspecified atom stereocenters. The SMILES string of the molecule is CC(CCl)C(=O)N[C@H](C)c1cccs1. The van der Waals surface area contributed by atoms with E-state index >= 15 is 0 Å². The van der Waals surface area contributed by atoms with Crippen LogP contribution in [0.4, 0.5) is 0 Å². The molecule has 1 heterocycles. The van der Waals surface area contributed by atoms with Crippen molar-refractivity contribution in [3.05, 3.63) is 22.4 Å². The quantitative estimate of drug-likeness (QED) is 0.794. The summed E-state index contributed by atoms with van der Waals surface area (Å²) in [5.74, 6) is 0.253. The Morgan fingerprint density at radius 3 is 2.86 bits per heavy atom. The second-order valence-corrected chi connectivity index (χ2v) is 4.59. The summed E-state index contributed by atoms with van der Waals surface area (Å²) in [6.45, 7) is 3.80. The molecule has 1 amide bonds. The Balaban J connectivity index is 2.49. The van der Waals surface area contributed by atoms with Crippen LogP contribution < -0.4 is 5.32 Å². The molecule has 1 aromatic heterocycles. The summed E-state index contributed by atoms with van der Waals surface area (Å²) >= 11 is 7.24. The van der Waals surface area contributed by atoms with E-state index in [-0.39, 0.29) is 17.9 Å². The van der Waals surface area contributed by atoms with Gasteiger partial charge in [0.15, 0.2) is 0 Å². The minimum atomic E-state index is -0.126. The Bertz CT molecular complexity index is 286. The second kappa shape index (κ2) is 5.37. The molecule has 1 rings (SSSR count). The Morgan fingerprint density at radius 2 is 2.36 bits per heavy atom. The van der Waals surface area contributed by atoms with E-state index in [4.69, 9.17) is 11.6 Å². The molecule has 0 saturated carbocycles. The van der Waals surface area contributed by atoms with Gasteiger partial charge in [-0.3, -0.25) is 4.79 Å². The number of nitrogens with one attached hydrogen (secondary N) is 1. The molecule has 0 aliphatic heterocycles. The van der Waals surface area contributed by atoms with Crippen LogP contribution in [-0.4, -0.2) is 11.8 Å². The second-order valence-electron chi connectivity index (χ2n) is 3.30. The minimum absolute atomic E-state index is 0.0147. The number of hydrogen-bond donors (Lipinski definition) is 1. The van der Waals surface area contributed by atoms with Crippen LogP contribution in [0.2, 0.25) is 0 Å². The van der Waals surface area contributed by atoms with Gasteiger partial charge in [-0.1, -0.05) is 13.0 Å². The number of halogens is 1. The summed E-state index contributed by atoms with van der Waals surface area (Å²) < 4.78 is 0. The van der Waals surface area contributed by atoms with Crippen molar-refractivity contribution in [3.63, 3.8) is 0 Å². The van der Waals surface area contributed by atoms with Gasteiger partial charge in [-0.2, -0.15) is 0 Å². The van der Waals surface area contributed by atoms with E-state index in [1.54, 1.807) is 11.3 Å². The van der Waals surface area contributed by atoms with Gasteiger partial charge in [0, 0.05) is 16.7 Å². The van der Waals surface area contributed by atoms with Crippen molar-refractivity contribution in [1.82, 2.24) is 5.32 Å². The molecule has 1 aromatic rings. The Labute approximate surface area is 93.3 Å². The number of rotatable bonds is 4. The summed E-state index contributed by atoms with van der Waals surface area (Å²) in [7, 11) is 0. The summed E-state index contributed by atoms with van der Waals surface area (Å²) in [5.41, 5.74) is 0. The lowest BCUT2D eigenvalue weighted by Crippen LogP contribution is -2.31. The number of hydrogen-bond acceptors (Lipinski definition) is 2. The van der Waals surface area contributed by atoms with Crippen molar-refractivity contribution in [2.75, 3.05) is 5.88 Å². The zero-order valence-electron chi connectivity index (χ0n) is 8.29. The third-order valence-electron chi connectivity index (χ3n) is 2.01. The van der Waals surface area contributed by atoms with Gasteiger partial charge in [-0.15, -0.1) is 22.9 Å². The fourth-order valence-electron chi connectivity index (χ4n) is 1.03. The predicted octanol–water partition coefficient (Wildman–Crippen LogP) is 2.80. The maximum absolute atomic E-state index is 11.5. The standard InChI is InChI=1S/C10H14ClNOS/c1-7(6-11)10(13)12-8(2)9-4-3-5-14-9/h3-5,7-8H,6H2,1-2H3,(H,12,13)/t7?,8-/m1/s1. The van der Waals surface area contributed by atoms with Gasteiger partial charge in [-0.25, -0.2) is 0 Å². The third-order valence-corrected chi connectivity index (χ3v) is 3.53. The van der Waals surface area contributed by atoms with Crippen LogP contribution in [0.1, 0.15) is 24.8 Å². The van der Waals surface area contributed by atoms with Gasteiger partial charge >= 0.3 is 0 Å². The molecule has 0 aromatic carbocycles. The molecule has 0 aliphatic carbocycles. The smallest absolute Gasteiger partial charge is 0.224 e. The first-order valence-corrected chi connectivity index (χ1v) is 5.96. The van der Waals surface area contributed by atoms with Crippen molar-refractivity contribution in [1.29, 1.82) is 0 Å². The molecular formula is C10H14ClNOS. The van der Waals surface area contributed by atoms with Crippen LogP contribution >= 0.6 is 22.9 Å². The van der Waals surface area contributed by atoms with E-state index in [1.807, 2.05) is 31.4 Å². The van der Waals surface area contributed by atoms with Crippen molar-refractivity contribution < 1.29 is 4.79 Å². The lowest BCUT2D eigenvalue weighted by molar-refractivity contribution is -0.124. The highest BCUT2D eigenvalue weighted by Crippen LogP contribution is 2.18. The van der Waals surface area contributed by atoms with Crippen LogP contribution in [0, 0.1) is 5.92 Å². The first-order chi connectivity index (χ1) is 6.65. The molecule has 14 heavy (non-hydrogen) atoms. The molecule has 1 N–H and O–H groups in total. The number of carbonyl (C=O) groups is 1. The number of carbonyl (C=O) groups excluding carboxylic acids is 1. The molecule has 4 heteroatoms. The summed E-state index contributed by atoms with van der Waals surface area (Å²) in [6, 6.07) is 4.07. The summed E-state index contributed by atoms with van der Waals surface area (Å²) in [5, 5.41) is 4.92. The number of thiophene rings is 1. The lowest BCUT2D eigenvalue weighted by atomic mass is 10.2. The van der Waals surface area contributed by atoms with Gasteiger partial charge in [0.25, 0.3) is 0 Å². The van der Waals surface area contributed by atoms with Crippen molar-refractivity contribution >= 4 is 28.8 Å². The van der Waals surface area contributed by atoms with E-state index in [1.165, 1.54) is 4.88 Å². The van der Waals surface area contributed by atoms with Crippen LogP contribution in [0.15, 0.2) is 17.5 Å². The zero-order valence-corrected chi connectivity index (χ0v) is 9.86. The molecule has 0 aliphatic rings. The van der Waals surface area contributed by atoms with Gasteiger partial charge in [0.1, 0.15) is 0 Å². The Hall–Kier alpha value is -0.540. The molecule has 0 spiro atoms. The normalized spacial score (nSPS) is 14.8. The average Bonchev–Trinajstić information content (AvgIpc) is 2.69. The van der Waals surface area contributed by atoms with Crippen molar-refractivity contribution in [3.8, 4) is 0 Å². The molecule has 2 atom stereocenters. The Kier molecular flexibility index (Phi) is 4.42. The monoisotopic (exact) mass is 231 g/mol. The van der Waals surface area contributed by atoms with Crippen LogP contribution in [0.5, 0.6) is 0 Å². The highest BCUT2D eigenvalue weighted by molar-refractivity contribution is 7.10. The van der Waals surface area contributed by atoms with Crippen LogP contribution in [-0.2, 0) is 4.79 Å². The van der Waals surface area contributed by atoms with Gasteiger partial charge in [-0.05, 0) is 18.4 Å². The zero-order chi connectivity index (χ0) is 10.6. The predicted molar refractivity (Wildman–Crippen MR) is 60.8 cm³/mol. The van der Waals surface area contributed by atoms with E-state index in [9.17, 15) is 4.79 Å². The maximum Gasteiger partial charge on any atom is 0.224 e. The largest absolute Gasteiger partial charge is 0.349 e. The molecule has 2 nitrogen and oxygen atoms in total. The molecule has 0 bridgehead atoms. The topological polar surface area (TPSA) is 29.1 Å². The van der Waals surface area contributed by atoms with Gasteiger partial charge in [0.2, 0.25) is 5.91 Å². The lowest BCUT2D eigenvalue weighted by Gasteiger charge is -2.14. The van der Waals surface area contributed by atoms with E-state index in [0.29, 0.717) is 5.88 Å². The highest BCUT2D eigenvalue weighted by atomic mass is 35.5. The highest BCUT2D eigenvalue weighted by Gasteiger charge is 2.15. The van der Waals surface area contributed by atoms with Gasteiger partial charge < -0.3 is 5.32 Å². The van der Waals surface area contributed by atoms with E-state index < -0.39 is 0 Å². The molecule has 78 valence electrons. The molecule has 0 radical (unpaired) electrons. The molecular weight excluding hydrogens is 218 g/mol. The fourth-order valence-corrected chi connectivity index (χ4v) is 1.91. The fraction of sp³-hybridized carbons (Fsp3) is 0.500. The van der Waals surface area contributed by atoms with Crippen molar-refractivity contribution in [2.45, 2.75) is 19.9 Å². The van der Waals surface area contributed by atoms with Crippen LogP contribution in [0.25, 0.3) is 0 Å². The van der Waals surface area contributed by atoms with Crippen LogP contribution in [0.3, 0.4) is 0 Å². The van der Waals surface area contributed by atoms with E-state index in [2.05, 4.69) is 5.32 Å². The van der Waals surface area contributed by atoms with Gasteiger partial charge in [0.05, 0.1) is 6.04 Å². The molecule has 0 saturated heterocycles. The third kappa shape index (κ3) is 3.00. The first kappa shape index (κ1) is 11.5. The molecule has 0 fully saturated rings. The Morgan fingerprint density at radius 1 is 1.64 bits per heavy atom. The minimum Gasteiger partial charge on any atom is -0.349 e. The average molecular weight is 232 g/mol.